The summed E-state index contributed by atoms with van der Waals surface area (Å²) in [7, 11) is 0. The van der Waals surface area contributed by atoms with Gasteiger partial charge in [0.05, 0.1) is 5.69 Å². The van der Waals surface area contributed by atoms with Crippen molar-refractivity contribution in [3.8, 4) is 17.0 Å². The number of carbonyl (C=O) groups is 1. The summed E-state index contributed by atoms with van der Waals surface area (Å²) in [6, 6.07) is 13.2. The Labute approximate surface area is 155 Å². The van der Waals surface area contributed by atoms with E-state index in [0.717, 1.165) is 28.1 Å². The third-order valence-electron chi connectivity index (χ3n) is 3.80. The Morgan fingerprint density at radius 1 is 1.20 bits per heavy atom. The molecular formula is C19H17ClN2O2S. The molecule has 0 saturated carbocycles. The van der Waals surface area contributed by atoms with Crippen molar-refractivity contribution in [2.24, 2.45) is 0 Å². The first-order valence-electron chi connectivity index (χ1n) is 7.73. The Morgan fingerprint density at radius 2 is 1.96 bits per heavy atom. The molecule has 0 radical (unpaired) electrons. The zero-order valence-corrected chi connectivity index (χ0v) is 15.4. The van der Waals surface area contributed by atoms with Gasteiger partial charge in [0.2, 0.25) is 0 Å². The number of ether oxygens (including phenoxy) is 1. The van der Waals surface area contributed by atoms with Crippen molar-refractivity contribution in [2.45, 2.75) is 13.8 Å². The van der Waals surface area contributed by atoms with E-state index in [9.17, 15) is 4.79 Å². The lowest BCUT2D eigenvalue weighted by atomic mass is 10.1. The zero-order chi connectivity index (χ0) is 17.8. The summed E-state index contributed by atoms with van der Waals surface area (Å²) < 4.78 is 5.61. The topological polar surface area (TPSA) is 51.2 Å². The number of aromatic nitrogens is 1. The fourth-order valence-corrected chi connectivity index (χ4v) is 3.13. The SMILES string of the molecule is Cc1cccc(OCC(=O)Nc2nc(-c3ccc(Cl)cc3)cs2)c1C. The number of carbonyl (C=O) groups excluding carboxylic acids is 1. The van der Waals surface area contributed by atoms with Gasteiger partial charge in [0.1, 0.15) is 5.75 Å². The van der Waals surface area contributed by atoms with E-state index in [2.05, 4.69) is 10.3 Å². The number of nitrogens with one attached hydrogen (secondary N) is 1. The highest BCUT2D eigenvalue weighted by atomic mass is 35.5. The molecule has 2 aromatic carbocycles. The molecular weight excluding hydrogens is 356 g/mol. The van der Waals surface area contributed by atoms with E-state index in [1.54, 1.807) is 0 Å². The number of hydrogen-bond donors (Lipinski definition) is 1. The number of halogens is 1. The van der Waals surface area contributed by atoms with Crippen molar-refractivity contribution in [1.82, 2.24) is 4.98 Å². The van der Waals surface area contributed by atoms with Gasteiger partial charge < -0.3 is 4.74 Å². The Bertz CT molecular complexity index is 891. The van der Waals surface area contributed by atoms with Crippen LogP contribution in [-0.2, 0) is 4.79 Å². The highest BCUT2D eigenvalue weighted by Crippen LogP contribution is 2.26. The molecule has 0 aliphatic rings. The van der Waals surface area contributed by atoms with Gasteiger partial charge in [-0.25, -0.2) is 4.98 Å². The normalized spacial score (nSPS) is 10.5. The molecule has 4 nitrogen and oxygen atoms in total. The van der Waals surface area contributed by atoms with Crippen molar-refractivity contribution < 1.29 is 9.53 Å². The highest BCUT2D eigenvalue weighted by Gasteiger charge is 2.10. The molecule has 0 fully saturated rings. The molecule has 6 heteroatoms. The minimum absolute atomic E-state index is 0.0554. The van der Waals surface area contributed by atoms with Crippen LogP contribution in [0.3, 0.4) is 0 Å². The quantitative estimate of drug-likeness (QED) is 0.678. The van der Waals surface area contributed by atoms with E-state index in [-0.39, 0.29) is 12.5 Å². The van der Waals surface area contributed by atoms with Crippen LogP contribution in [0.4, 0.5) is 5.13 Å². The van der Waals surface area contributed by atoms with Gasteiger partial charge in [-0.1, -0.05) is 35.9 Å². The first-order chi connectivity index (χ1) is 12.0. The van der Waals surface area contributed by atoms with Crippen LogP contribution in [0.5, 0.6) is 5.75 Å². The van der Waals surface area contributed by atoms with Crippen LogP contribution < -0.4 is 10.1 Å². The molecule has 3 aromatic rings. The van der Waals surface area contributed by atoms with E-state index in [1.165, 1.54) is 11.3 Å². The van der Waals surface area contributed by atoms with E-state index < -0.39 is 0 Å². The number of aryl methyl sites for hydroxylation is 1. The second-order valence-electron chi connectivity index (χ2n) is 5.58. The van der Waals surface area contributed by atoms with Crippen LogP contribution in [-0.4, -0.2) is 17.5 Å². The molecule has 0 unspecified atom stereocenters. The van der Waals surface area contributed by atoms with Crippen molar-refractivity contribution in [3.63, 3.8) is 0 Å². The third kappa shape index (κ3) is 4.38. The Kier molecular flexibility index (Phi) is 5.36. The summed E-state index contributed by atoms with van der Waals surface area (Å²) in [5, 5.41) is 5.88. The summed E-state index contributed by atoms with van der Waals surface area (Å²) in [5.74, 6) is 0.481. The summed E-state index contributed by atoms with van der Waals surface area (Å²) in [5.41, 5.74) is 3.92. The van der Waals surface area contributed by atoms with Crippen LogP contribution in [0.1, 0.15) is 11.1 Å². The minimum Gasteiger partial charge on any atom is -0.483 e. The Hall–Kier alpha value is -2.37. The lowest BCUT2D eigenvalue weighted by Crippen LogP contribution is -2.20. The molecule has 0 bridgehead atoms. The standard InChI is InChI=1S/C19H17ClN2O2S/c1-12-4-3-5-17(13(12)2)24-10-18(23)22-19-21-16(11-25-19)14-6-8-15(20)9-7-14/h3-9,11H,10H2,1-2H3,(H,21,22,23). The first kappa shape index (κ1) is 17.5. The first-order valence-corrected chi connectivity index (χ1v) is 8.99. The van der Waals surface area contributed by atoms with Gasteiger partial charge in [-0.2, -0.15) is 0 Å². The van der Waals surface area contributed by atoms with Crippen molar-refractivity contribution in [2.75, 3.05) is 11.9 Å². The molecule has 0 aliphatic heterocycles. The molecule has 1 aromatic heterocycles. The molecule has 3 rings (SSSR count). The molecule has 1 N–H and O–H groups in total. The maximum Gasteiger partial charge on any atom is 0.264 e. The van der Waals surface area contributed by atoms with E-state index in [0.29, 0.717) is 10.2 Å². The number of thiazole rings is 1. The van der Waals surface area contributed by atoms with Crippen molar-refractivity contribution in [3.05, 3.63) is 64.0 Å². The fraction of sp³-hybridized carbons (Fsp3) is 0.158. The second kappa shape index (κ2) is 7.68. The zero-order valence-electron chi connectivity index (χ0n) is 13.9. The number of amides is 1. The number of nitrogens with zero attached hydrogens (tertiary/aromatic N) is 1. The predicted octanol–water partition coefficient (Wildman–Crippen LogP) is 5.10. The summed E-state index contributed by atoms with van der Waals surface area (Å²) in [6.07, 6.45) is 0. The van der Waals surface area contributed by atoms with Crippen molar-refractivity contribution in [1.29, 1.82) is 0 Å². The summed E-state index contributed by atoms with van der Waals surface area (Å²) in [6.45, 7) is 3.93. The maximum atomic E-state index is 12.1. The molecule has 128 valence electrons. The molecule has 0 saturated heterocycles. The third-order valence-corrected chi connectivity index (χ3v) is 4.81. The van der Waals surface area contributed by atoms with Crippen LogP contribution in [0.2, 0.25) is 5.02 Å². The lowest BCUT2D eigenvalue weighted by Gasteiger charge is -2.10. The predicted molar refractivity (Wildman–Crippen MR) is 103 cm³/mol. The average Bonchev–Trinajstić information content (AvgIpc) is 3.05. The van der Waals surface area contributed by atoms with Gasteiger partial charge in [0.15, 0.2) is 11.7 Å². The van der Waals surface area contributed by atoms with Gasteiger partial charge in [-0.3, -0.25) is 10.1 Å². The number of rotatable bonds is 5. The summed E-state index contributed by atoms with van der Waals surface area (Å²) in [4.78, 5) is 16.5. The van der Waals surface area contributed by atoms with Crippen LogP contribution >= 0.6 is 22.9 Å². The van der Waals surface area contributed by atoms with Crippen molar-refractivity contribution >= 4 is 34.0 Å². The Balaban J connectivity index is 1.60. The molecule has 25 heavy (non-hydrogen) atoms. The van der Waals surface area contributed by atoms with Gasteiger partial charge in [-0.05, 0) is 43.2 Å². The van der Waals surface area contributed by atoms with Crippen LogP contribution in [0.25, 0.3) is 11.3 Å². The Morgan fingerprint density at radius 3 is 2.72 bits per heavy atom. The van der Waals surface area contributed by atoms with Gasteiger partial charge in [0.25, 0.3) is 5.91 Å². The monoisotopic (exact) mass is 372 g/mol. The molecule has 0 aliphatic carbocycles. The molecule has 1 amide bonds. The van der Waals surface area contributed by atoms with Crippen LogP contribution in [0.15, 0.2) is 47.8 Å². The van der Waals surface area contributed by atoms with Gasteiger partial charge >= 0.3 is 0 Å². The molecule has 0 atom stereocenters. The number of anilines is 1. The number of benzene rings is 2. The smallest absolute Gasteiger partial charge is 0.264 e. The minimum atomic E-state index is -0.238. The summed E-state index contributed by atoms with van der Waals surface area (Å²) >= 11 is 7.26. The van der Waals surface area contributed by atoms with E-state index in [1.807, 2.05) is 61.7 Å². The van der Waals surface area contributed by atoms with Crippen LogP contribution in [0, 0.1) is 13.8 Å². The average molecular weight is 373 g/mol. The maximum absolute atomic E-state index is 12.1. The lowest BCUT2D eigenvalue weighted by molar-refractivity contribution is -0.118. The van der Waals surface area contributed by atoms with E-state index >= 15 is 0 Å². The van der Waals surface area contributed by atoms with Gasteiger partial charge in [-0.15, -0.1) is 11.3 Å². The number of hydrogen-bond acceptors (Lipinski definition) is 4. The molecule has 0 spiro atoms. The highest BCUT2D eigenvalue weighted by molar-refractivity contribution is 7.14. The second-order valence-corrected chi connectivity index (χ2v) is 6.87. The fourth-order valence-electron chi connectivity index (χ4n) is 2.26. The largest absolute Gasteiger partial charge is 0.483 e. The molecule has 1 heterocycles. The van der Waals surface area contributed by atoms with E-state index in [4.69, 9.17) is 16.3 Å². The van der Waals surface area contributed by atoms with Gasteiger partial charge in [0, 0.05) is 16.0 Å².